The SMILES string of the molecule is CNCCNC(=O)c1cc(C)no1. The molecule has 0 atom stereocenters. The average molecular weight is 183 g/mol. The maximum atomic E-state index is 11.3. The molecule has 2 N–H and O–H groups in total. The van der Waals surface area contributed by atoms with Gasteiger partial charge in [-0.15, -0.1) is 0 Å². The van der Waals surface area contributed by atoms with Crippen molar-refractivity contribution in [3.8, 4) is 0 Å². The van der Waals surface area contributed by atoms with Crippen molar-refractivity contribution in [1.82, 2.24) is 15.8 Å². The van der Waals surface area contributed by atoms with Gasteiger partial charge in [-0.25, -0.2) is 0 Å². The van der Waals surface area contributed by atoms with Crippen molar-refractivity contribution in [3.05, 3.63) is 17.5 Å². The van der Waals surface area contributed by atoms with Crippen LogP contribution in [0.25, 0.3) is 0 Å². The Bertz CT molecular complexity index is 283. The Balaban J connectivity index is 2.40. The molecule has 0 radical (unpaired) electrons. The van der Waals surface area contributed by atoms with E-state index < -0.39 is 0 Å². The van der Waals surface area contributed by atoms with Crippen molar-refractivity contribution in [2.75, 3.05) is 20.1 Å². The molecule has 5 nitrogen and oxygen atoms in total. The smallest absolute Gasteiger partial charge is 0.289 e. The number of nitrogens with zero attached hydrogens (tertiary/aromatic N) is 1. The molecule has 0 saturated carbocycles. The molecule has 1 aromatic heterocycles. The number of rotatable bonds is 4. The number of aromatic nitrogens is 1. The van der Waals surface area contributed by atoms with Crippen molar-refractivity contribution < 1.29 is 9.32 Å². The molecule has 1 amide bonds. The van der Waals surface area contributed by atoms with E-state index in [0.717, 1.165) is 6.54 Å². The molecule has 5 heteroatoms. The number of carbonyl (C=O) groups is 1. The first-order valence-corrected chi connectivity index (χ1v) is 4.10. The highest BCUT2D eigenvalue weighted by molar-refractivity contribution is 5.91. The molecular formula is C8H13N3O2. The zero-order chi connectivity index (χ0) is 9.68. The summed E-state index contributed by atoms with van der Waals surface area (Å²) in [5, 5.41) is 9.21. The molecule has 0 unspecified atom stereocenters. The standard InChI is InChI=1S/C8H13N3O2/c1-6-5-7(13-11-6)8(12)10-4-3-9-2/h5,9H,3-4H2,1-2H3,(H,10,12). The third-order valence-corrected chi connectivity index (χ3v) is 1.51. The number of likely N-dealkylation sites (N-methyl/N-ethyl adjacent to an activating group) is 1. The first-order valence-electron chi connectivity index (χ1n) is 4.10. The third-order valence-electron chi connectivity index (χ3n) is 1.51. The van der Waals surface area contributed by atoms with Gasteiger partial charge in [0, 0.05) is 19.2 Å². The highest BCUT2D eigenvalue weighted by atomic mass is 16.5. The molecule has 0 spiro atoms. The minimum atomic E-state index is -0.226. The normalized spacial score (nSPS) is 10.0. The van der Waals surface area contributed by atoms with Crippen LogP contribution in [0.4, 0.5) is 0 Å². The Hall–Kier alpha value is -1.36. The van der Waals surface area contributed by atoms with E-state index >= 15 is 0 Å². The van der Waals surface area contributed by atoms with E-state index in [4.69, 9.17) is 4.52 Å². The molecule has 0 saturated heterocycles. The summed E-state index contributed by atoms with van der Waals surface area (Å²) in [4.78, 5) is 11.3. The molecule has 0 aliphatic carbocycles. The third kappa shape index (κ3) is 2.87. The molecule has 1 heterocycles. The lowest BCUT2D eigenvalue weighted by atomic mass is 10.3. The van der Waals surface area contributed by atoms with Gasteiger partial charge in [-0.3, -0.25) is 4.79 Å². The van der Waals surface area contributed by atoms with Crippen molar-refractivity contribution in [2.24, 2.45) is 0 Å². The van der Waals surface area contributed by atoms with Gasteiger partial charge < -0.3 is 15.2 Å². The second-order valence-corrected chi connectivity index (χ2v) is 2.69. The zero-order valence-corrected chi connectivity index (χ0v) is 7.76. The molecule has 0 bridgehead atoms. The molecule has 0 fully saturated rings. The summed E-state index contributed by atoms with van der Waals surface area (Å²) in [5.41, 5.74) is 0.707. The van der Waals surface area contributed by atoms with Crippen LogP contribution >= 0.6 is 0 Å². The van der Waals surface area contributed by atoms with Crippen molar-refractivity contribution in [3.63, 3.8) is 0 Å². The Kier molecular flexibility index (Phi) is 3.45. The Labute approximate surface area is 76.5 Å². The summed E-state index contributed by atoms with van der Waals surface area (Å²) in [6, 6.07) is 1.61. The maximum Gasteiger partial charge on any atom is 0.289 e. The van der Waals surface area contributed by atoms with Crippen LogP contribution in [0.15, 0.2) is 10.6 Å². The maximum absolute atomic E-state index is 11.3. The molecule has 72 valence electrons. The lowest BCUT2D eigenvalue weighted by Gasteiger charge is -2.00. The van der Waals surface area contributed by atoms with E-state index in [1.54, 1.807) is 13.0 Å². The van der Waals surface area contributed by atoms with Gasteiger partial charge in [-0.05, 0) is 14.0 Å². The van der Waals surface area contributed by atoms with Crippen molar-refractivity contribution in [2.45, 2.75) is 6.92 Å². The van der Waals surface area contributed by atoms with Gasteiger partial charge in [-0.1, -0.05) is 5.16 Å². The van der Waals surface area contributed by atoms with E-state index in [-0.39, 0.29) is 11.7 Å². The summed E-state index contributed by atoms with van der Waals surface area (Å²) in [7, 11) is 1.82. The van der Waals surface area contributed by atoms with Crippen molar-refractivity contribution >= 4 is 5.91 Å². The monoisotopic (exact) mass is 183 g/mol. The number of aryl methyl sites for hydroxylation is 1. The zero-order valence-electron chi connectivity index (χ0n) is 7.76. The Morgan fingerprint density at radius 1 is 1.62 bits per heavy atom. The Morgan fingerprint density at radius 2 is 2.38 bits per heavy atom. The summed E-state index contributed by atoms with van der Waals surface area (Å²) in [6.45, 7) is 3.09. The number of hydrogen-bond donors (Lipinski definition) is 2. The van der Waals surface area contributed by atoms with Gasteiger partial charge in [0.1, 0.15) is 0 Å². The van der Waals surface area contributed by atoms with Crippen LogP contribution in [0.3, 0.4) is 0 Å². The fraction of sp³-hybridized carbons (Fsp3) is 0.500. The number of nitrogens with one attached hydrogen (secondary N) is 2. The van der Waals surface area contributed by atoms with Gasteiger partial charge in [0.25, 0.3) is 5.91 Å². The Morgan fingerprint density at radius 3 is 2.92 bits per heavy atom. The molecular weight excluding hydrogens is 170 g/mol. The van der Waals surface area contributed by atoms with Crippen LogP contribution in [0, 0.1) is 6.92 Å². The predicted octanol–water partition coefficient (Wildman–Crippen LogP) is -0.0678. The number of carbonyl (C=O) groups excluding carboxylic acids is 1. The van der Waals surface area contributed by atoms with E-state index in [2.05, 4.69) is 15.8 Å². The van der Waals surface area contributed by atoms with E-state index in [1.165, 1.54) is 0 Å². The largest absolute Gasteiger partial charge is 0.351 e. The minimum absolute atomic E-state index is 0.226. The summed E-state index contributed by atoms with van der Waals surface area (Å²) in [6.07, 6.45) is 0. The van der Waals surface area contributed by atoms with Crippen LogP contribution in [0.2, 0.25) is 0 Å². The summed E-state index contributed by atoms with van der Waals surface area (Å²) < 4.78 is 4.77. The van der Waals surface area contributed by atoms with Gasteiger partial charge in [0.05, 0.1) is 5.69 Å². The molecule has 0 aliphatic rings. The second-order valence-electron chi connectivity index (χ2n) is 2.69. The molecule has 1 aromatic rings. The molecule has 0 aliphatic heterocycles. The number of hydrogen-bond acceptors (Lipinski definition) is 4. The molecule has 1 rings (SSSR count). The molecule has 0 aromatic carbocycles. The predicted molar refractivity (Wildman–Crippen MR) is 47.5 cm³/mol. The number of amides is 1. The summed E-state index contributed by atoms with van der Waals surface area (Å²) in [5.74, 6) is 0.0319. The fourth-order valence-corrected chi connectivity index (χ4v) is 0.859. The highest BCUT2D eigenvalue weighted by Gasteiger charge is 2.09. The van der Waals surface area contributed by atoms with Crippen LogP contribution in [0.1, 0.15) is 16.2 Å². The van der Waals surface area contributed by atoms with Crippen LogP contribution in [-0.4, -0.2) is 31.2 Å². The lowest BCUT2D eigenvalue weighted by molar-refractivity contribution is 0.0917. The van der Waals surface area contributed by atoms with Crippen LogP contribution in [0.5, 0.6) is 0 Å². The quantitative estimate of drug-likeness (QED) is 0.641. The van der Waals surface area contributed by atoms with Gasteiger partial charge >= 0.3 is 0 Å². The summed E-state index contributed by atoms with van der Waals surface area (Å²) >= 11 is 0. The van der Waals surface area contributed by atoms with Gasteiger partial charge in [0.15, 0.2) is 0 Å². The second kappa shape index (κ2) is 4.61. The van der Waals surface area contributed by atoms with Crippen molar-refractivity contribution in [1.29, 1.82) is 0 Å². The lowest BCUT2D eigenvalue weighted by Crippen LogP contribution is -2.30. The van der Waals surface area contributed by atoms with Gasteiger partial charge in [0.2, 0.25) is 5.76 Å². The fourth-order valence-electron chi connectivity index (χ4n) is 0.859. The average Bonchev–Trinajstić information content (AvgIpc) is 2.52. The highest BCUT2D eigenvalue weighted by Crippen LogP contribution is 2.00. The van der Waals surface area contributed by atoms with Crippen LogP contribution < -0.4 is 10.6 Å². The van der Waals surface area contributed by atoms with Gasteiger partial charge in [-0.2, -0.15) is 0 Å². The minimum Gasteiger partial charge on any atom is -0.351 e. The van der Waals surface area contributed by atoms with E-state index in [1.807, 2.05) is 7.05 Å². The van der Waals surface area contributed by atoms with Crippen LogP contribution in [-0.2, 0) is 0 Å². The molecule has 13 heavy (non-hydrogen) atoms. The van der Waals surface area contributed by atoms with E-state index in [9.17, 15) is 4.79 Å². The topological polar surface area (TPSA) is 67.2 Å². The first-order chi connectivity index (χ1) is 6.24. The first kappa shape index (κ1) is 9.73. The van der Waals surface area contributed by atoms with E-state index in [0.29, 0.717) is 12.2 Å².